The van der Waals surface area contributed by atoms with Crippen LogP contribution in [0.25, 0.3) is 0 Å². The molecule has 0 saturated carbocycles. The number of ether oxygens (including phenoxy) is 1. The van der Waals surface area contributed by atoms with Crippen molar-refractivity contribution in [2.24, 2.45) is 4.99 Å². The zero-order chi connectivity index (χ0) is 18.5. The Hall–Kier alpha value is -2.02. The first-order valence-electron chi connectivity index (χ1n) is 7.71. The second kappa shape index (κ2) is 8.58. The van der Waals surface area contributed by atoms with Crippen molar-refractivity contribution in [3.05, 3.63) is 58.6 Å². The molecule has 0 radical (unpaired) electrons. The van der Waals surface area contributed by atoms with Crippen LogP contribution in [0, 0.1) is 0 Å². The SMILES string of the molecule is O=C(C[C@H]1SC(COc2ccccc2)=NC1=O)Nc1cc(Cl)cc(Cl)c1. The Bertz CT molecular complexity index is 839. The molecular formula is C18H14Cl2N2O3S. The predicted molar refractivity (Wildman–Crippen MR) is 105 cm³/mol. The first-order valence-corrected chi connectivity index (χ1v) is 9.35. The van der Waals surface area contributed by atoms with Gasteiger partial charge in [0.2, 0.25) is 5.91 Å². The minimum Gasteiger partial charge on any atom is -0.487 e. The molecule has 2 aromatic rings. The van der Waals surface area contributed by atoms with Crippen molar-refractivity contribution < 1.29 is 14.3 Å². The fraction of sp³-hybridized carbons (Fsp3) is 0.167. The largest absolute Gasteiger partial charge is 0.487 e. The van der Waals surface area contributed by atoms with E-state index in [0.29, 0.717) is 26.5 Å². The highest BCUT2D eigenvalue weighted by molar-refractivity contribution is 8.15. The van der Waals surface area contributed by atoms with Crippen LogP contribution in [0.2, 0.25) is 10.0 Å². The number of halogens is 2. The lowest BCUT2D eigenvalue weighted by molar-refractivity contribution is -0.121. The second-order valence-electron chi connectivity index (χ2n) is 5.46. The number of aliphatic imine (C=N–C) groups is 1. The molecule has 3 rings (SSSR count). The van der Waals surface area contributed by atoms with Gasteiger partial charge in [0.1, 0.15) is 22.7 Å². The molecule has 0 spiro atoms. The zero-order valence-corrected chi connectivity index (χ0v) is 15.8. The third-order valence-electron chi connectivity index (χ3n) is 3.41. The predicted octanol–water partition coefficient (Wildman–Crippen LogP) is 4.44. The van der Waals surface area contributed by atoms with Gasteiger partial charge >= 0.3 is 0 Å². The Labute approximate surface area is 164 Å². The Kier molecular flexibility index (Phi) is 6.19. The maximum Gasteiger partial charge on any atom is 0.260 e. The summed E-state index contributed by atoms with van der Waals surface area (Å²) in [7, 11) is 0. The van der Waals surface area contributed by atoms with Crippen molar-refractivity contribution in [3.63, 3.8) is 0 Å². The van der Waals surface area contributed by atoms with Gasteiger partial charge in [0.05, 0.1) is 0 Å². The smallest absolute Gasteiger partial charge is 0.260 e. The van der Waals surface area contributed by atoms with Crippen LogP contribution in [-0.4, -0.2) is 28.7 Å². The zero-order valence-electron chi connectivity index (χ0n) is 13.4. The minimum absolute atomic E-state index is 0.00592. The number of hydrogen-bond donors (Lipinski definition) is 1. The molecule has 1 N–H and O–H groups in total. The number of benzene rings is 2. The molecule has 1 aliphatic rings. The first-order chi connectivity index (χ1) is 12.5. The summed E-state index contributed by atoms with van der Waals surface area (Å²) < 4.78 is 5.58. The van der Waals surface area contributed by atoms with Gasteiger partial charge in [-0.2, -0.15) is 0 Å². The maximum atomic E-state index is 12.2. The summed E-state index contributed by atoms with van der Waals surface area (Å²) >= 11 is 13.1. The van der Waals surface area contributed by atoms with Crippen LogP contribution in [0.3, 0.4) is 0 Å². The highest BCUT2D eigenvalue weighted by atomic mass is 35.5. The Morgan fingerprint density at radius 3 is 2.54 bits per heavy atom. The van der Waals surface area contributed by atoms with Crippen LogP contribution in [0.1, 0.15) is 6.42 Å². The van der Waals surface area contributed by atoms with Crippen molar-refractivity contribution in [3.8, 4) is 5.75 Å². The number of carbonyl (C=O) groups excluding carboxylic acids is 2. The van der Waals surface area contributed by atoms with Gasteiger partial charge in [-0.15, -0.1) is 0 Å². The summed E-state index contributed by atoms with van der Waals surface area (Å²) in [5, 5.41) is 3.53. The average molecular weight is 409 g/mol. The van der Waals surface area contributed by atoms with Gasteiger partial charge in [-0.3, -0.25) is 9.59 Å². The molecule has 0 bridgehead atoms. The Morgan fingerprint density at radius 1 is 1.15 bits per heavy atom. The van der Waals surface area contributed by atoms with Crippen LogP contribution >= 0.6 is 35.0 Å². The van der Waals surface area contributed by atoms with E-state index < -0.39 is 5.25 Å². The lowest BCUT2D eigenvalue weighted by Gasteiger charge is -2.09. The summed E-state index contributed by atoms with van der Waals surface area (Å²) in [6.45, 7) is 0.197. The number of anilines is 1. The van der Waals surface area contributed by atoms with Gasteiger partial charge in [0.15, 0.2) is 0 Å². The van der Waals surface area contributed by atoms with E-state index >= 15 is 0 Å². The average Bonchev–Trinajstić information content (AvgIpc) is 2.92. The molecule has 134 valence electrons. The van der Waals surface area contributed by atoms with Crippen molar-refractivity contribution in [2.45, 2.75) is 11.7 Å². The van der Waals surface area contributed by atoms with Crippen molar-refractivity contribution >= 4 is 57.5 Å². The molecule has 0 fully saturated rings. The lowest BCUT2D eigenvalue weighted by Crippen LogP contribution is -2.21. The Morgan fingerprint density at radius 2 is 1.85 bits per heavy atom. The molecular weight excluding hydrogens is 395 g/mol. The molecule has 0 aromatic heterocycles. The lowest BCUT2D eigenvalue weighted by atomic mass is 10.2. The molecule has 1 heterocycles. The number of carbonyl (C=O) groups is 2. The number of rotatable bonds is 6. The fourth-order valence-electron chi connectivity index (χ4n) is 2.30. The van der Waals surface area contributed by atoms with Gasteiger partial charge in [-0.05, 0) is 30.3 Å². The maximum absolute atomic E-state index is 12.2. The highest BCUT2D eigenvalue weighted by Gasteiger charge is 2.30. The molecule has 5 nitrogen and oxygen atoms in total. The van der Waals surface area contributed by atoms with E-state index in [4.69, 9.17) is 27.9 Å². The molecule has 0 saturated heterocycles. The van der Waals surface area contributed by atoms with E-state index in [0.717, 1.165) is 0 Å². The van der Waals surface area contributed by atoms with E-state index in [1.807, 2.05) is 30.3 Å². The molecule has 8 heteroatoms. The van der Waals surface area contributed by atoms with E-state index in [2.05, 4.69) is 10.3 Å². The summed E-state index contributed by atoms with van der Waals surface area (Å²) in [4.78, 5) is 28.2. The molecule has 0 aliphatic carbocycles. The molecule has 0 unspecified atom stereocenters. The van der Waals surface area contributed by atoms with E-state index in [1.54, 1.807) is 18.2 Å². The third kappa shape index (κ3) is 5.24. The van der Waals surface area contributed by atoms with Gasteiger partial charge in [-0.1, -0.05) is 53.2 Å². The standard InChI is InChI=1S/C18H14Cl2N2O3S/c19-11-6-12(20)8-13(7-11)21-16(23)9-15-18(24)22-17(26-15)10-25-14-4-2-1-3-5-14/h1-8,15H,9-10H2,(H,21,23)/t15-/m1/s1. The van der Waals surface area contributed by atoms with Crippen LogP contribution < -0.4 is 10.1 Å². The fourth-order valence-corrected chi connectivity index (χ4v) is 3.81. The van der Waals surface area contributed by atoms with Crippen molar-refractivity contribution in [1.29, 1.82) is 0 Å². The van der Waals surface area contributed by atoms with Gasteiger partial charge < -0.3 is 10.1 Å². The van der Waals surface area contributed by atoms with E-state index in [9.17, 15) is 9.59 Å². The Balaban J connectivity index is 1.51. The summed E-state index contributed by atoms with van der Waals surface area (Å²) in [5.41, 5.74) is 0.483. The number of thioether (sulfide) groups is 1. The third-order valence-corrected chi connectivity index (χ3v) is 4.98. The van der Waals surface area contributed by atoms with E-state index in [1.165, 1.54) is 11.8 Å². The number of para-hydroxylation sites is 1. The van der Waals surface area contributed by atoms with Crippen LogP contribution in [0.15, 0.2) is 53.5 Å². The molecule has 2 amide bonds. The van der Waals surface area contributed by atoms with Gasteiger partial charge in [0, 0.05) is 22.2 Å². The topological polar surface area (TPSA) is 67.8 Å². The molecule has 26 heavy (non-hydrogen) atoms. The van der Waals surface area contributed by atoms with Gasteiger partial charge in [-0.25, -0.2) is 4.99 Å². The summed E-state index contributed by atoms with van der Waals surface area (Å²) in [6.07, 6.45) is 0.00592. The number of nitrogens with zero attached hydrogens (tertiary/aromatic N) is 1. The molecule has 1 atom stereocenters. The highest BCUT2D eigenvalue weighted by Crippen LogP contribution is 2.27. The second-order valence-corrected chi connectivity index (χ2v) is 7.61. The monoisotopic (exact) mass is 408 g/mol. The number of hydrogen-bond acceptors (Lipinski definition) is 4. The van der Waals surface area contributed by atoms with Crippen LogP contribution in [0.5, 0.6) is 5.75 Å². The van der Waals surface area contributed by atoms with Crippen LogP contribution in [-0.2, 0) is 9.59 Å². The quantitative estimate of drug-likeness (QED) is 0.766. The van der Waals surface area contributed by atoms with Gasteiger partial charge in [0.25, 0.3) is 5.91 Å². The molecule has 2 aromatic carbocycles. The summed E-state index contributed by atoms with van der Waals surface area (Å²) in [5.74, 6) is 0.0535. The summed E-state index contributed by atoms with van der Waals surface area (Å²) in [6, 6.07) is 14.0. The first kappa shape index (κ1) is 18.8. The normalized spacial score (nSPS) is 16.3. The minimum atomic E-state index is -0.556. The van der Waals surface area contributed by atoms with Crippen LogP contribution in [0.4, 0.5) is 5.69 Å². The molecule has 1 aliphatic heterocycles. The van der Waals surface area contributed by atoms with E-state index in [-0.39, 0.29) is 24.8 Å². The number of nitrogens with one attached hydrogen (secondary N) is 1. The van der Waals surface area contributed by atoms with Crippen molar-refractivity contribution in [1.82, 2.24) is 0 Å². The van der Waals surface area contributed by atoms with Crippen molar-refractivity contribution in [2.75, 3.05) is 11.9 Å². The number of amides is 2.